The molecule has 2 rings (SSSR count). The summed E-state index contributed by atoms with van der Waals surface area (Å²) in [7, 11) is 1.99. The van der Waals surface area contributed by atoms with E-state index >= 15 is 0 Å². The smallest absolute Gasteiger partial charge is 0.142 e. The van der Waals surface area contributed by atoms with E-state index in [1.54, 1.807) is 0 Å². The Bertz CT molecular complexity index is 494. The van der Waals surface area contributed by atoms with Crippen molar-refractivity contribution in [2.75, 3.05) is 0 Å². The van der Waals surface area contributed by atoms with E-state index in [1.807, 2.05) is 25.3 Å². The van der Waals surface area contributed by atoms with E-state index in [1.165, 1.54) is 17.0 Å². The number of carbonyl (C=O) groups is 1. The Kier molecular flexibility index (Phi) is 2.19. The molecule has 0 aliphatic heterocycles. The number of aldehydes is 1. The standard InChI is InChI=1S/C12H11NO/c1-13-11(6-4-8-14)9-10-5-2-3-7-12(10)13/h2-9H,1H3/b6-4+. The second kappa shape index (κ2) is 3.50. The zero-order valence-corrected chi connectivity index (χ0v) is 7.97. The summed E-state index contributed by atoms with van der Waals surface area (Å²) in [6.45, 7) is 0. The predicted molar refractivity (Wildman–Crippen MR) is 58.0 cm³/mol. The van der Waals surface area contributed by atoms with E-state index in [0.29, 0.717) is 0 Å². The van der Waals surface area contributed by atoms with Gasteiger partial charge in [-0.2, -0.15) is 0 Å². The molecular weight excluding hydrogens is 174 g/mol. The molecule has 0 bridgehead atoms. The van der Waals surface area contributed by atoms with Gasteiger partial charge in [-0.05, 0) is 24.3 Å². The molecule has 0 saturated carbocycles. The summed E-state index contributed by atoms with van der Waals surface area (Å²) in [4.78, 5) is 10.2. The molecule has 0 radical (unpaired) electrons. The molecular formula is C12H11NO. The van der Waals surface area contributed by atoms with Gasteiger partial charge >= 0.3 is 0 Å². The van der Waals surface area contributed by atoms with Crippen molar-refractivity contribution in [3.8, 4) is 0 Å². The molecule has 14 heavy (non-hydrogen) atoms. The Balaban J connectivity index is 2.62. The summed E-state index contributed by atoms with van der Waals surface area (Å²) in [5.74, 6) is 0. The SMILES string of the molecule is Cn1c(/C=C/C=O)cc2ccccc21. The third kappa shape index (κ3) is 1.35. The first-order valence-corrected chi connectivity index (χ1v) is 4.49. The maximum Gasteiger partial charge on any atom is 0.142 e. The van der Waals surface area contributed by atoms with Crippen LogP contribution in [0.2, 0.25) is 0 Å². The lowest BCUT2D eigenvalue weighted by molar-refractivity contribution is -0.104. The number of hydrogen-bond donors (Lipinski definition) is 0. The first-order chi connectivity index (χ1) is 6.83. The van der Waals surface area contributed by atoms with Crippen LogP contribution in [-0.4, -0.2) is 10.9 Å². The molecule has 0 aliphatic rings. The van der Waals surface area contributed by atoms with Crippen molar-refractivity contribution < 1.29 is 4.79 Å². The summed E-state index contributed by atoms with van der Waals surface area (Å²) >= 11 is 0. The Labute approximate surface area is 82.5 Å². The molecule has 2 heteroatoms. The fourth-order valence-corrected chi connectivity index (χ4v) is 1.61. The third-order valence-corrected chi connectivity index (χ3v) is 2.33. The highest BCUT2D eigenvalue weighted by Gasteiger charge is 2.00. The average Bonchev–Trinajstić information content (AvgIpc) is 2.54. The minimum absolute atomic E-state index is 0.789. The summed E-state index contributed by atoms with van der Waals surface area (Å²) < 4.78 is 2.06. The Hall–Kier alpha value is -1.83. The van der Waals surface area contributed by atoms with Gasteiger partial charge in [0.15, 0.2) is 0 Å². The molecule has 0 spiro atoms. The van der Waals surface area contributed by atoms with Crippen LogP contribution in [0.5, 0.6) is 0 Å². The number of carbonyl (C=O) groups excluding carboxylic acids is 1. The van der Waals surface area contributed by atoms with E-state index in [2.05, 4.69) is 22.8 Å². The minimum Gasteiger partial charge on any atom is -0.344 e. The topological polar surface area (TPSA) is 22.0 Å². The molecule has 2 nitrogen and oxygen atoms in total. The predicted octanol–water partition coefficient (Wildman–Crippen LogP) is 2.39. The van der Waals surface area contributed by atoms with Crippen molar-refractivity contribution >= 4 is 23.3 Å². The Morgan fingerprint density at radius 3 is 2.79 bits per heavy atom. The number of rotatable bonds is 2. The number of hydrogen-bond acceptors (Lipinski definition) is 1. The van der Waals surface area contributed by atoms with Crippen molar-refractivity contribution in [2.45, 2.75) is 0 Å². The van der Waals surface area contributed by atoms with Crippen LogP contribution >= 0.6 is 0 Å². The molecule has 0 fully saturated rings. The van der Waals surface area contributed by atoms with Crippen molar-refractivity contribution in [2.24, 2.45) is 7.05 Å². The van der Waals surface area contributed by atoms with Gasteiger partial charge in [-0.1, -0.05) is 18.2 Å². The Morgan fingerprint density at radius 2 is 2.07 bits per heavy atom. The van der Waals surface area contributed by atoms with Gasteiger partial charge in [0.1, 0.15) is 6.29 Å². The summed E-state index contributed by atoms with van der Waals surface area (Å²) in [6, 6.07) is 10.2. The van der Waals surface area contributed by atoms with Crippen molar-refractivity contribution in [3.05, 3.63) is 42.1 Å². The normalized spacial score (nSPS) is 11.2. The summed E-state index contributed by atoms with van der Waals surface area (Å²) in [6.07, 6.45) is 4.11. The van der Waals surface area contributed by atoms with Gasteiger partial charge in [-0.25, -0.2) is 0 Å². The molecule has 0 saturated heterocycles. The van der Waals surface area contributed by atoms with E-state index in [4.69, 9.17) is 0 Å². The third-order valence-electron chi connectivity index (χ3n) is 2.33. The average molecular weight is 185 g/mol. The molecule has 1 aromatic carbocycles. The largest absolute Gasteiger partial charge is 0.344 e. The highest BCUT2D eigenvalue weighted by molar-refractivity contribution is 5.85. The lowest BCUT2D eigenvalue weighted by Crippen LogP contribution is -1.89. The molecule has 1 heterocycles. The molecule has 0 N–H and O–H groups in total. The summed E-state index contributed by atoms with van der Waals surface area (Å²) in [5, 5.41) is 1.19. The van der Waals surface area contributed by atoms with E-state index in [-0.39, 0.29) is 0 Å². The molecule has 0 aliphatic carbocycles. The minimum atomic E-state index is 0.789. The summed E-state index contributed by atoms with van der Waals surface area (Å²) in [5.41, 5.74) is 2.22. The molecule has 2 aromatic rings. The van der Waals surface area contributed by atoms with Crippen molar-refractivity contribution in [1.29, 1.82) is 0 Å². The van der Waals surface area contributed by atoms with Crippen LogP contribution in [0.1, 0.15) is 5.69 Å². The molecule has 0 amide bonds. The van der Waals surface area contributed by atoms with Crippen molar-refractivity contribution in [3.63, 3.8) is 0 Å². The van der Waals surface area contributed by atoms with Gasteiger partial charge in [0.05, 0.1) is 0 Å². The highest BCUT2D eigenvalue weighted by Crippen LogP contribution is 2.18. The second-order valence-corrected chi connectivity index (χ2v) is 3.18. The maximum absolute atomic E-state index is 10.2. The number of para-hydroxylation sites is 1. The van der Waals surface area contributed by atoms with E-state index in [9.17, 15) is 4.79 Å². The molecule has 0 unspecified atom stereocenters. The number of benzene rings is 1. The van der Waals surface area contributed by atoms with Crippen molar-refractivity contribution in [1.82, 2.24) is 4.57 Å². The van der Waals surface area contributed by atoms with Crippen LogP contribution in [-0.2, 0) is 11.8 Å². The van der Waals surface area contributed by atoms with Gasteiger partial charge in [0.25, 0.3) is 0 Å². The zero-order valence-electron chi connectivity index (χ0n) is 7.97. The van der Waals surface area contributed by atoms with Crippen LogP contribution in [0.3, 0.4) is 0 Å². The van der Waals surface area contributed by atoms with Crippen LogP contribution in [0, 0.1) is 0 Å². The highest BCUT2D eigenvalue weighted by atomic mass is 16.1. The first-order valence-electron chi connectivity index (χ1n) is 4.49. The first kappa shape index (κ1) is 8.75. The Morgan fingerprint density at radius 1 is 1.29 bits per heavy atom. The molecule has 1 aromatic heterocycles. The van der Waals surface area contributed by atoms with E-state index < -0.39 is 0 Å². The van der Waals surface area contributed by atoms with Crippen LogP contribution in [0.25, 0.3) is 17.0 Å². The number of allylic oxidation sites excluding steroid dienone is 1. The van der Waals surface area contributed by atoms with Gasteiger partial charge in [-0.15, -0.1) is 0 Å². The number of aromatic nitrogens is 1. The maximum atomic E-state index is 10.2. The van der Waals surface area contributed by atoms with Crippen LogP contribution in [0.4, 0.5) is 0 Å². The molecule has 0 atom stereocenters. The fraction of sp³-hybridized carbons (Fsp3) is 0.0833. The van der Waals surface area contributed by atoms with Gasteiger partial charge in [0.2, 0.25) is 0 Å². The monoisotopic (exact) mass is 185 g/mol. The lowest BCUT2D eigenvalue weighted by Gasteiger charge is -1.97. The fourth-order valence-electron chi connectivity index (χ4n) is 1.61. The zero-order chi connectivity index (χ0) is 9.97. The van der Waals surface area contributed by atoms with E-state index in [0.717, 1.165) is 12.0 Å². The quantitative estimate of drug-likeness (QED) is 0.520. The van der Waals surface area contributed by atoms with Gasteiger partial charge < -0.3 is 4.57 Å². The molecule has 70 valence electrons. The number of nitrogens with zero attached hydrogens (tertiary/aromatic N) is 1. The van der Waals surface area contributed by atoms with Crippen LogP contribution in [0.15, 0.2) is 36.4 Å². The van der Waals surface area contributed by atoms with Crippen LogP contribution < -0.4 is 0 Å². The number of fused-ring (bicyclic) bond motifs is 1. The van der Waals surface area contributed by atoms with Gasteiger partial charge in [-0.3, -0.25) is 4.79 Å². The second-order valence-electron chi connectivity index (χ2n) is 3.18. The van der Waals surface area contributed by atoms with Gasteiger partial charge in [0, 0.05) is 23.6 Å². The number of aryl methyl sites for hydroxylation is 1. The lowest BCUT2D eigenvalue weighted by atomic mass is 10.2.